The van der Waals surface area contributed by atoms with Crippen LogP contribution in [0.3, 0.4) is 0 Å². The summed E-state index contributed by atoms with van der Waals surface area (Å²) < 4.78 is 5.33. The molecule has 3 N–H and O–H groups in total. The Morgan fingerprint density at radius 2 is 1.79 bits per heavy atom. The predicted octanol–water partition coefficient (Wildman–Crippen LogP) is 2.17. The van der Waals surface area contributed by atoms with Crippen LogP contribution in [-0.2, 0) is 29.1 Å². The molecule has 1 aliphatic rings. The van der Waals surface area contributed by atoms with E-state index in [1.54, 1.807) is 7.11 Å². The van der Waals surface area contributed by atoms with Crippen molar-refractivity contribution in [2.45, 2.75) is 45.4 Å². The normalized spacial score (nSPS) is 16.6. The summed E-state index contributed by atoms with van der Waals surface area (Å²) in [4.78, 5) is 25.6. The Bertz CT molecular complexity index is 866. The third-order valence-electron chi connectivity index (χ3n) is 5.29. The van der Waals surface area contributed by atoms with Crippen molar-refractivity contribution in [1.29, 1.82) is 0 Å². The molecule has 0 aromatic heterocycles. The van der Waals surface area contributed by atoms with Gasteiger partial charge >= 0.3 is 0 Å². The first kappa shape index (κ1) is 20.9. The Labute approximate surface area is 172 Å². The molecular formula is C23H29N3O3. The van der Waals surface area contributed by atoms with Crippen molar-refractivity contribution < 1.29 is 14.3 Å². The van der Waals surface area contributed by atoms with E-state index in [9.17, 15) is 9.59 Å². The Morgan fingerprint density at radius 3 is 2.52 bits per heavy atom. The number of nitrogens with one attached hydrogen (secondary N) is 3. The van der Waals surface area contributed by atoms with Crippen molar-refractivity contribution in [2.75, 3.05) is 7.11 Å². The van der Waals surface area contributed by atoms with Crippen molar-refractivity contribution in [3.8, 4) is 5.75 Å². The molecule has 1 heterocycles. The number of fused-ring (bicyclic) bond motifs is 1. The van der Waals surface area contributed by atoms with E-state index in [4.69, 9.17) is 4.74 Å². The predicted molar refractivity (Wildman–Crippen MR) is 112 cm³/mol. The van der Waals surface area contributed by atoms with Gasteiger partial charge in [0, 0.05) is 18.7 Å². The summed E-state index contributed by atoms with van der Waals surface area (Å²) in [5.41, 5.74) is 3.28. The van der Waals surface area contributed by atoms with Gasteiger partial charge in [-0.15, -0.1) is 0 Å². The van der Waals surface area contributed by atoms with Gasteiger partial charge in [-0.25, -0.2) is 0 Å². The molecule has 0 saturated carbocycles. The highest BCUT2D eigenvalue weighted by Crippen LogP contribution is 2.18. The number of rotatable bonds is 7. The van der Waals surface area contributed by atoms with E-state index in [-0.39, 0.29) is 23.8 Å². The van der Waals surface area contributed by atoms with Gasteiger partial charge in [0.2, 0.25) is 11.8 Å². The van der Waals surface area contributed by atoms with Crippen LogP contribution in [0.2, 0.25) is 0 Å². The van der Waals surface area contributed by atoms with Gasteiger partial charge in [-0.2, -0.15) is 0 Å². The largest absolute Gasteiger partial charge is 0.496 e. The van der Waals surface area contributed by atoms with Crippen LogP contribution in [0, 0.1) is 5.92 Å². The molecule has 2 aromatic carbocycles. The van der Waals surface area contributed by atoms with Gasteiger partial charge in [0.15, 0.2) is 0 Å². The Kier molecular flexibility index (Phi) is 6.88. The van der Waals surface area contributed by atoms with Gasteiger partial charge in [0.1, 0.15) is 11.8 Å². The van der Waals surface area contributed by atoms with Crippen LogP contribution in [0.15, 0.2) is 48.5 Å². The molecule has 2 aromatic rings. The van der Waals surface area contributed by atoms with E-state index in [1.165, 1.54) is 11.1 Å². The number of methoxy groups -OCH3 is 1. The van der Waals surface area contributed by atoms with Gasteiger partial charge in [-0.1, -0.05) is 56.3 Å². The molecule has 0 spiro atoms. The number of benzene rings is 2. The Morgan fingerprint density at radius 1 is 1.10 bits per heavy atom. The summed E-state index contributed by atoms with van der Waals surface area (Å²) in [5.74, 6) is 0.344. The van der Waals surface area contributed by atoms with E-state index in [1.807, 2.05) is 50.2 Å². The molecule has 154 valence electrons. The van der Waals surface area contributed by atoms with Crippen LogP contribution in [0.5, 0.6) is 5.75 Å². The number of para-hydroxylation sites is 1. The molecule has 0 radical (unpaired) electrons. The standard InChI is InChI=1S/C23H29N3O3/c1-15(2)21(23(28)25-14-18-10-6-7-11-20(18)29-3)26-22(27)19-12-16-8-4-5-9-17(16)13-24-19/h4-11,15,19,21,24H,12-14H2,1-3H3,(H,25,28)(H,26,27)/t19-,21-/m0/s1. The second-order valence-corrected chi connectivity index (χ2v) is 7.67. The molecule has 29 heavy (non-hydrogen) atoms. The summed E-state index contributed by atoms with van der Waals surface area (Å²) in [6.07, 6.45) is 0.621. The zero-order valence-electron chi connectivity index (χ0n) is 17.2. The van der Waals surface area contributed by atoms with Gasteiger partial charge in [-0.05, 0) is 29.5 Å². The van der Waals surface area contributed by atoms with Gasteiger partial charge in [0.25, 0.3) is 0 Å². The van der Waals surface area contributed by atoms with Crippen LogP contribution in [0.1, 0.15) is 30.5 Å². The zero-order chi connectivity index (χ0) is 20.8. The lowest BCUT2D eigenvalue weighted by molar-refractivity contribution is -0.131. The SMILES string of the molecule is COc1ccccc1CNC(=O)[C@@H](NC(=O)[C@@H]1Cc2ccccc2CN1)C(C)C. The zero-order valence-corrected chi connectivity index (χ0v) is 17.2. The van der Waals surface area contributed by atoms with Crippen molar-refractivity contribution in [3.05, 3.63) is 65.2 Å². The molecule has 0 saturated heterocycles. The molecule has 6 heteroatoms. The van der Waals surface area contributed by atoms with Crippen LogP contribution in [0.4, 0.5) is 0 Å². The fraction of sp³-hybridized carbons (Fsp3) is 0.391. The lowest BCUT2D eigenvalue weighted by Gasteiger charge is -2.28. The highest BCUT2D eigenvalue weighted by atomic mass is 16.5. The van der Waals surface area contributed by atoms with Gasteiger partial charge in [-0.3, -0.25) is 9.59 Å². The maximum atomic E-state index is 12.8. The minimum absolute atomic E-state index is 0.0347. The van der Waals surface area contributed by atoms with Crippen LogP contribution in [-0.4, -0.2) is 31.0 Å². The minimum Gasteiger partial charge on any atom is -0.496 e. The van der Waals surface area contributed by atoms with E-state index in [0.29, 0.717) is 19.5 Å². The molecular weight excluding hydrogens is 366 g/mol. The maximum Gasteiger partial charge on any atom is 0.243 e. The summed E-state index contributed by atoms with van der Waals surface area (Å²) in [5, 5.41) is 9.13. The fourth-order valence-electron chi connectivity index (χ4n) is 3.57. The molecule has 0 unspecified atom stereocenters. The van der Waals surface area contributed by atoms with E-state index < -0.39 is 6.04 Å². The van der Waals surface area contributed by atoms with E-state index >= 15 is 0 Å². The van der Waals surface area contributed by atoms with Crippen molar-refractivity contribution in [2.24, 2.45) is 5.92 Å². The third kappa shape index (κ3) is 5.15. The summed E-state index contributed by atoms with van der Waals surface area (Å²) >= 11 is 0. The summed E-state index contributed by atoms with van der Waals surface area (Å²) in [6, 6.07) is 14.7. The number of carbonyl (C=O) groups is 2. The molecule has 0 fully saturated rings. The van der Waals surface area contributed by atoms with Crippen molar-refractivity contribution in [1.82, 2.24) is 16.0 Å². The number of hydrogen-bond acceptors (Lipinski definition) is 4. The summed E-state index contributed by atoms with van der Waals surface area (Å²) in [6.45, 7) is 4.85. The second kappa shape index (κ2) is 9.56. The monoisotopic (exact) mass is 395 g/mol. The quantitative estimate of drug-likeness (QED) is 0.671. The lowest BCUT2D eigenvalue weighted by Crippen LogP contribution is -2.55. The van der Waals surface area contributed by atoms with E-state index in [0.717, 1.165) is 11.3 Å². The first-order valence-electron chi connectivity index (χ1n) is 9.99. The maximum absolute atomic E-state index is 12.8. The minimum atomic E-state index is -0.601. The number of hydrogen-bond donors (Lipinski definition) is 3. The molecule has 2 atom stereocenters. The molecule has 0 bridgehead atoms. The fourth-order valence-corrected chi connectivity index (χ4v) is 3.57. The highest BCUT2D eigenvalue weighted by molar-refractivity contribution is 5.90. The van der Waals surface area contributed by atoms with Gasteiger partial charge < -0.3 is 20.7 Å². The first-order chi connectivity index (χ1) is 14.0. The average Bonchev–Trinajstić information content (AvgIpc) is 2.75. The second-order valence-electron chi connectivity index (χ2n) is 7.67. The third-order valence-corrected chi connectivity index (χ3v) is 5.29. The van der Waals surface area contributed by atoms with E-state index in [2.05, 4.69) is 28.1 Å². The molecule has 1 aliphatic heterocycles. The first-order valence-corrected chi connectivity index (χ1v) is 9.99. The number of ether oxygens (including phenoxy) is 1. The smallest absolute Gasteiger partial charge is 0.243 e. The van der Waals surface area contributed by atoms with Crippen LogP contribution < -0.4 is 20.7 Å². The highest BCUT2D eigenvalue weighted by Gasteiger charge is 2.29. The topological polar surface area (TPSA) is 79.5 Å². The summed E-state index contributed by atoms with van der Waals surface area (Å²) in [7, 11) is 1.60. The van der Waals surface area contributed by atoms with Crippen LogP contribution >= 0.6 is 0 Å². The molecule has 0 aliphatic carbocycles. The van der Waals surface area contributed by atoms with Crippen molar-refractivity contribution in [3.63, 3.8) is 0 Å². The number of carbonyl (C=O) groups excluding carboxylic acids is 2. The van der Waals surface area contributed by atoms with Crippen molar-refractivity contribution >= 4 is 11.8 Å². The van der Waals surface area contributed by atoms with Gasteiger partial charge in [0.05, 0.1) is 13.2 Å². The molecule has 6 nitrogen and oxygen atoms in total. The Hall–Kier alpha value is -2.86. The molecule has 3 rings (SSSR count). The average molecular weight is 396 g/mol. The lowest BCUT2D eigenvalue weighted by atomic mass is 9.94. The molecule has 2 amide bonds. The van der Waals surface area contributed by atoms with Crippen LogP contribution in [0.25, 0.3) is 0 Å². The number of amides is 2. The Balaban J connectivity index is 1.61.